The molecule has 2 aromatic carbocycles. The summed E-state index contributed by atoms with van der Waals surface area (Å²) >= 11 is 0. The topological polar surface area (TPSA) is 56.6 Å². The molecule has 0 aliphatic carbocycles. The molecule has 0 radical (unpaired) electrons. The van der Waals surface area contributed by atoms with Crippen molar-refractivity contribution in [3.63, 3.8) is 0 Å². The van der Waals surface area contributed by atoms with Crippen LogP contribution in [0.3, 0.4) is 0 Å². The molecular weight excluding hydrogens is 411 g/mol. The van der Waals surface area contributed by atoms with Crippen LogP contribution in [-0.2, 0) is 12.7 Å². The van der Waals surface area contributed by atoms with Crippen molar-refractivity contribution in [1.29, 1.82) is 0 Å². The van der Waals surface area contributed by atoms with E-state index < -0.39 is 23.3 Å². The largest absolute Gasteiger partial charge is 0.493 e. The van der Waals surface area contributed by atoms with Gasteiger partial charge < -0.3 is 14.4 Å². The van der Waals surface area contributed by atoms with Gasteiger partial charge in [-0.1, -0.05) is 29.8 Å². The van der Waals surface area contributed by atoms with Gasteiger partial charge in [-0.2, -0.15) is 18.3 Å². The summed E-state index contributed by atoms with van der Waals surface area (Å²) in [5.41, 5.74) is 0.0576. The first-order valence-electron chi connectivity index (χ1n) is 9.35. The number of methoxy groups -OCH3 is 2. The standard InChI is InChI=1S/C22H22F3N3O3/c1-14-8-10-16(11-9-14)28-20(22(23,24)25)17(12-26-28)21(29)27(2)13-15-6-5-7-18(30-3)19(15)31-4/h5-12H,13H2,1-4H3. The molecule has 3 rings (SSSR count). The SMILES string of the molecule is COc1cccc(CN(C)C(=O)c2cnn(-c3ccc(C)cc3)c2C(F)(F)F)c1OC. The van der Waals surface area contributed by atoms with Crippen molar-refractivity contribution in [2.75, 3.05) is 21.3 Å². The molecule has 0 atom stereocenters. The van der Waals surface area contributed by atoms with Crippen LogP contribution in [-0.4, -0.2) is 41.9 Å². The second-order valence-corrected chi connectivity index (χ2v) is 6.97. The summed E-state index contributed by atoms with van der Waals surface area (Å²) in [6, 6.07) is 11.5. The Labute approximate surface area is 177 Å². The number of aryl methyl sites for hydroxylation is 1. The van der Waals surface area contributed by atoms with Gasteiger partial charge in [0.1, 0.15) is 0 Å². The minimum Gasteiger partial charge on any atom is -0.493 e. The summed E-state index contributed by atoms with van der Waals surface area (Å²) in [5, 5.41) is 3.86. The molecule has 9 heteroatoms. The lowest BCUT2D eigenvalue weighted by Gasteiger charge is -2.20. The minimum atomic E-state index is -4.78. The molecule has 164 valence electrons. The Balaban J connectivity index is 1.97. The van der Waals surface area contributed by atoms with Crippen molar-refractivity contribution in [3.8, 4) is 17.2 Å². The third-order valence-corrected chi connectivity index (χ3v) is 4.79. The summed E-state index contributed by atoms with van der Waals surface area (Å²) in [6.07, 6.45) is -3.83. The maximum Gasteiger partial charge on any atom is 0.434 e. The predicted octanol–water partition coefficient (Wildman–Crippen LogP) is 4.49. The Hall–Kier alpha value is -3.49. The minimum absolute atomic E-state index is 0.0201. The molecule has 6 nitrogen and oxygen atoms in total. The number of carbonyl (C=O) groups is 1. The van der Waals surface area contributed by atoms with E-state index in [2.05, 4.69) is 5.10 Å². The first-order valence-corrected chi connectivity index (χ1v) is 9.35. The van der Waals surface area contributed by atoms with Crippen LogP contribution < -0.4 is 9.47 Å². The smallest absolute Gasteiger partial charge is 0.434 e. The molecule has 0 N–H and O–H groups in total. The summed E-state index contributed by atoms with van der Waals surface area (Å²) < 4.78 is 53.0. The highest BCUT2D eigenvalue weighted by atomic mass is 19.4. The summed E-state index contributed by atoms with van der Waals surface area (Å²) in [6.45, 7) is 1.85. The zero-order chi connectivity index (χ0) is 22.8. The fourth-order valence-electron chi connectivity index (χ4n) is 3.27. The number of nitrogens with zero attached hydrogens (tertiary/aromatic N) is 3. The van der Waals surface area contributed by atoms with E-state index in [1.165, 1.54) is 38.3 Å². The second kappa shape index (κ2) is 8.71. The molecule has 0 unspecified atom stereocenters. The van der Waals surface area contributed by atoms with Gasteiger partial charge in [0, 0.05) is 19.2 Å². The molecule has 1 amide bonds. The molecule has 0 aliphatic heterocycles. The van der Waals surface area contributed by atoms with Crippen LogP contribution >= 0.6 is 0 Å². The number of hydrogen-bond donors (Lipinski definition) is 0. The molecule has 1 aromatic heterocycles. The van der Waals surface area contributed by atoms with Gasteiger partial charge in [-0.05, 0) is 25.1 Å². The lowest BCUT2D eigenvalue weighted by atomic mass is 10.1. The van der Waals surface area contributed by atoms with Crippen LogP contribution in [0.25, 0.3) is 5.69 Å². The maximum absolute atomic E-state index is 13.9. The van der Waals surface area contributed by atoms with Crippen molar-refractivity contribution in [2.45, 2.75) is 19.6 Å². The summed E-state index contributed by atoms with van der Waals surface area (Å²) in [5.74, 6) is 0.0654. The Kier molecular flexibility index (Phi) is 6.24. The van der Waals surface area contributed by atoms with Crippen LogP contribution in [0.15, 0.2) is 48.7 Å². The van der Waals surface area contributed by atoms with Gasteiger partial charge in [0.25, 0.3) is 5.91 Å². The number of rotatable bonds is 6. The fraction of sp³-hybridized carbons (Fsp3) is 0.273. The third kappa shape index (κ3) is 4.50. The van der Waals surface area contributed by atoms with Crippen LogP contribution in [0.5, 0.6) is 11.5 Å². The Morgan fingerprint density at radius 3 is 2.35 bits per heavy atom. The molecule has 3 aromatic rings. The fourth-order valence-corrected chi connectivity index (χ4v) is 3.27. The predicted molar refractivity (Wildman–Crippen MR) is 109 cm³/mol. The number of alkyl halides is 3. The van der Waals surface area contributed by atoms with Crippen molar-refractivity contribution in [3.05, 3.63) is 71.0 Å². The van der Waals surface area contributed by atoms with Gasteiger partial charge in [0.05, 0.1) is 31.7 Å². The van der Waals surface area contributed by atoms with Crippen LogP contribution in [0.1, 0.15) is 27.2 Å². The highest BCUT2D eigenvalue weighted by Gasteiger charge is 2.41. The molecule has 31 heavy (non-hydrogen) atoms. The van der Waals surface area contributed by atoms with E-state index in [1.807, 2.05) is 6.92 Å². The molecule has 0 fully saturated rings. The number of carbonyl (C=O) groups excluding carboxylic acids is 1. The number of halogens is 3. The zero-order valence-corrected chi connectivity index (χ0v) is 17.5. The van der Waals surface area contributed by atoms with E-state index in [1.54, 1.807) is 30.3 Å². The third-order valence-electron chi connectivity index (χ3n) is 4.79. The van der Waals surface area contributed by atoms with Crippen LogP contribution in [0.2, 0.25) is 0 Å². The van der Waals surface area contributed by atoms with Gasteiger partial charge in [-0.15, -0.1) is 0 Å². The number of aromatic nitrogens is 2. The number of hydrogen-bond acceptors (Lipinski definition) is 4. The average Bonchev–Trinajstić information content (AvgIpc) is 3.19. The molecule has 0 saturated heterocycles. The van der Waals surface area contributed by atoms with Crippen molar-refractivity contribution >= 4 is 5.91 Å². The normalized spacial score (nSPS) is 11.3. The average molecular weight is 433 g/mol. The quantitative estimate of drug-likeness (QED) is 0.575. The van der Waals surface area contributed by atoms with E-state index >= 15 is 0 Å². The second-order valence-electron chi connectivity index (χ2n) is 6.97. The van der Waals surface area contributed by atoms with E-state index in [0.29, 0.717) is 17.1 Å². The van der Waals surface area contributed by atoms with Gasteiger partial charge >= 0.3 is 6.18 Å². The van der Waals surface area contributed by atoms with E-state index in [0.717, 1.165) is 16.4 Å². The van der Waals surface area contributed by atoms with E-state index in [-0.39, 0.29) is 12.2 Å². The molecule has 0 aliphatic rings. The van der Waals surface area contributed by atoms with Crippen LogP contribution in [0.4, 0.5) is 13.2 Å². The van der Waals surface area contributed by atoms with Crippen LogP contribution in [0, 0.1) is 6.92 Å². The van der Waals surface area contributed by atoms with Crippen molar-refractivity contribution in [1.82, 2.24) is 14.7 Å². The lowest BCUT2D eigenvalue weighted by molar-refractivity contribution is -0.143. The molecule has 1 heterocycles. The van der Waals surface area contributed by atoms with E-state index in [9.17, 15) is 18.0 Å². The van der Waals surface area contributed by atoms with E-state index in [4.69, 9.17) is 9.47 Å². The molecule has 0 bridgehead atoms. The Morgan fingerprint density at radius 1 is 1.10 bits per heavy atom. The highest BCUT2D eigenvalue weighted by Crippen LogP contribution is 2.35. The molecule has 0 spiro atoms. The summed E-state index contributed by atoms with van der Waals surface area (Å²) in [7, 11) is 4.35. The van der Waals surface area contributed by atoms with Crippen molar-refractivity contribution < 1.29 is 27.4 Å². The molecule has 0 saturated carbocycles. The molecular formula is C22H22F3N3O3. The maximum atomic E-state index is 13.9. The number of benzene rings is 2. The monoisotopic (exact) mass is 433 g/mol. The number of para-hydroxylation sites is 1. The van der Waals surface area contributed by atoms with Gasteiger partial charge in [0.15, 0.2) is 17.2 Å². The first kappa shape index (κ1) is 22.2. The Bertz CT molecular complexity index is 1080. The number of ether oxygens (including phenoxy) is 2. The number of amides is 1. The van der Waals surface area contributed by atoms with Gasteiger partial charge in [0.2, 0.25) is 0 Å². The highest BCUT2D eigenvalue weighted by molar-refractivity contribution is 5.95. The van der Waals surface area contributed by atoms with Crippen molar-refractivity contribution in [2.24, 2.45) is 0 Å². The Morgan fingerprint density at radius 2 is 1.77 bits per heavy atom. The van der Waals surface area contributed by atoms with Gasteiger partial charge in [-0.25, -0.2) is 4.68 Å². The summed E-state index contributed by atoms with van der Waals surface area (Å²) in [4.78, 5) is 14.2. The zero-order valence-electron chi connectivity index (χ0n) is 17.5. The first-order chi connectivity index (χ1) is 14.7. The van der Waals surface area contributed by atoms with Gasteiger partial charge in [-0.3, -0.25) is 4.79 Å². The lowest BCUT2D eigenvalue weighted by Crippen LogP contribution is -2.29.